The van der Waals surface area contributed by atoms with Crippen LogP contribution in [0.4, 0.5) is 8.78 Å². The molecule has 0 amide bonds. The second-order valence-electron chi connectivity index (χ2n) is 4.31. The molecular formula is C15H11F2. The highest BCUT2D eigenvalue weighted by atomic mass is 19.1. The molecule has 0 aliphatic heterocycles. The molecule has 0 spiro atoms. The lowest BCUT2D eigenvalue weighted by atomic mass is 10.0. The van der Waals surface area contributed by atoms with Gasteiger partial charge in [-0.15, -0.1) is 0 Å². The van der Waals surface area contributed by atoms with Gasteiger partial charge in [-0.05, 0) is 41.7 Å². The molecule has 0 aromatic heterocycles. The van der Waals surface area contributed by atoms with E-state index in [1.165, 1.54) is 24.1 Å². The molecule has 3 rings (SSSR count). The maximum Gasteiger partial charge on any atom is 0.126 e. The fourth-order valence-corrected chi connectivity index (χ4v) is 2.20. The summed E-state index contributed by atoms with van der Waals surface area (Å²) >= 11 is 0. The minimum Gasteiger partial charge on any atom is -0.207 e. The van der Waals surface area contributed by atoms with Crippen LogP contribution in [-0.4, -0.2) is 0 Å². The number of rotatable bonds is 2. The largest absolute Gasteiger partial charge is 0.207 e. The summed E-state index contributed by atoms with van der Waals surface area (Å²) in [6.45, 7) is 0. The molecule has 0 N–H and O–H groups in total. The number of hydrogen-bond donors (Lipinski definition) is 0. The summed E-state index contributed by atoms with van der Waals surface area (Å²) in [7, 11) is 0. The number of halogens is 2. The van der Waals surface area contributed by atoms with Crippen LogP contribution in [0.3, 0.4) is 0 Å². The van der Waals surface area contributed by atoms with Gasteiger partial charge in [-0.25, -0.2) is 8.78 Å². The van der Waals surface area contributed by atoms with Gasteiger partial charge in [0, 0.05) is 5.92 Å². The van der Waals surface area contributed by atoms with Crippen LogP contribution in [0.1, 0.15) is 23.5 Å². The summed E-state index contributed by atoms with van der Waals surface area (Å²) in [5.74, 6) is 0.962. The molecule has 0 unspecified atom stereocenters. The highest BCUT2D eigenvalue weighted by molar-refractivity contribution is 5.49. The lowest BCUT2D eigenvalue weighted by molar-refractivity contribution is 0.611. The Morgan fingerprint density at radius 3 is 2.29 bits per heavy atom. The van der Waals surface area contributed by atoms with Gasteiger partial charge in [0.25, 0.3) is 0 Å². The van der Waals surface area contributed by atoms with E-state index in [0.29, 0.717) is 0 Å². The first-order valence-corrected chi connectivity index (χ1v) is 5.62. The fourth-order valence-electron chi connectivity index (χ4n) is 2.20. The van der Waals surface area contributed by atoms with E-state index in [-0.39, 0.29) is 17.6 Å². The minimum atomic E-state index is -0.238. The molecule has 0 heterocycles. The lowest BCUT2D eigenvalue weighted by Crippen LogP contribution is -1.89. The van der Waals surface area contributed by atoms with E-state index in [9.17, 15) is 8.78 Å². The van der Waals surface area contributed by atoms with Crippen molar-refractivity contribution in [2.24, 2.45) is 0 Å². The molecule has 1 aliphatic rings. The van der Waals surface area contributed by atoms with E-state index in [1.54, 1.807) is 18.2 Å². The van der Waals surface area contributed by atoms with Crippen molar-refractivity contribution in [1.29, 1.82) is 0 Å². The second kappa shape index (κ2) is 3.95. The SMILES string of the molecule is Fc1ccc([C]2C[C@@H]2c2ccccc2F)cc1. The molecule has 85 valence electrons. The fraction of sp³-hybridized carbons (Fsp3) is 0.133. The third-order valence-electron chi connectivity index (χ3n) is 3.18. The van der Waals surface area contributed by atoms with Gasteiger partial charge in [0.15, 0.2) is 0 Å². The summed E-state index contributed by atoms with van der Waals surface area (Å²) in [4.78, 5) is 0. The van der Waals surface area contributed by atoms with Crippen molar-refractivity contribution in [2.75, 3.05) is 0 Å². The van der Waals surface area contributed by atoms with Crippen molar-refractivity contribution in [3.05, 3.63) is 77.2 Å². The van der Waals surface area contributed by atoms with Gasteiger partial charge in [-0.3, -0.25) is 0 Å². The molecule has 2 aromatic rings. The zero-order chi connectivity index (χ0) is 11.8. The predicted molar refractivity (Wildman–Crippen MR) is 62.5 cm³/mol. The van der Waals surface area contributed by atoms with E-state index in [4.69, 9.17) is 0 Å². The zero-order valence-corrected chi connectivity index (χ0v) is 9.16. The molecule has 0 nitrogen and oxygen atoms in total. The van der Waals surface area contributed by atoms with Crippen LogP contribution >= 0.6 is 0 Å². The highest BCUT2D eigenvalue weighted by Gasteiger charge is 2.41. The van der Waals surface area contributed by atoms with Crippen molar-refractivity contribution in [3.63, 3.8) is 0 Å². The smallest absolute Gasteiger partial charge is 0.126 e. The zero-order valence-electron chi connectivity index (χ0n) is 9.16. The lowest BCUT2D eigenvalue weighted by Gasteiger charge is -2.02. The third kappa shape index (κ3) is 1.95. The Hall–Kier alpha value is -1.70. The average Bonchev–Trinajstić information content (AvgIpc) is 3.11. The van der Waals surface area contributed by atoms with Crippen molar-refractivity contribution >= 4 is 0 Å². The Labute approximate surface area is 98.9 Å². The summed E-state index contributed by atoms with van der Waals surface area (Å²) in [6.07, 6.45) is 0.868. The first kappa shape index (κ1) is 10.5. The maximum absolute atomic E-state index is 13.6. The highest BCUT2D eigenvalue weighted by Crippen LogP contribution is 2.54. The maximum atomic E-state index is 13.6. The van der Waals surface area contributed by atoms with Crippen LogP contribution in [0.2, 0.25) is 0 Å². The van der Waals surface area contributed by atoms with Gasteiger partial charge in [0.1, 0.15) is 11.6 Å². The van der Waals surface area contributed by atoms with Gasteiger partial charge in [-0.2, -0.15) is 0 Å². The van der Waals surface area contributed by atoms with Crippen LogP contribution < -0.4 is 0 Å². The molecule has 1 atom stereocenters. The summed E-state index contributed by atoms with van der Waals surface area (Å²) < 4.78 is 26.3. The summed E-state index contributed by atoms with van der Waals surface area (Å²) in [5, 5.41) is 0. The molecule has 1 radical (unpaired) electrons. The Morgan fingerprint density at radius 2 is 1.59 bits per heavy atom. The first-order valence-electron chi connectivity index (χ1n) is 5.62. The molecule has 17 heavy (non-hydrogen) atoms. The van der Waals surface area contributed by atoms with Gasteiger partial charge in [0.05, 0.1) is 0 Å². The Kier molecular flexibility index (Phi) is 2.43. The van der Waals surface area contributed by atoms with E-state index < -0.39 is 0 Å². The Bertz CT molecular complexity index is 531. The number of benzene rings is 2. The van der Waals surface area contributed by atoms with Gasteiger partial charge in [-0.1, -0.05) is 30.3 Å². The average molecular weight is 229 g/mol. The predicted octanol–water partition coefficient (Wildman–Crippen LogP) is 4.07. The van der Waals surface area contributed by atoms with Crippen LogP contribution in [0.25, 0.3) is 0 Å². The van der Waals surface area contributed by atoms with Crippen LogP contribution in [0, 0.1) is 17.6 Å². The van der Waals surface area contributed by atoms with E-state index in [0.717, 1.165) is 17.5 Å². The first-order chi connectivity index (χ1) is 8.25. The van der Waals surface area contributed by atoms with E-state index >= 15 is 0 Å². The summed E-state index contributed by atoms with van der Waals surface area (Å²) in [6, 6.07) is 13.2. The van der Waals surface area contributed by atoms with Crippen molar-refractivity contribution in [3.8, 4) is 0 Å². The molecule has 1 fully saturated rings. The van der Waals surface area contributed by atoms with E-state index in [1.807, 2.05) is 12.1 Å². The standard InChI is InChI=1S/C15H11F2/c16-11-7-5-10(6-8-11)13-9-14(13)12-3-1-2-4-15(12)17/h1-8,14H,9H2/t14-/m1/s1. The van der Waals surface area contributed by atoms with Crippen molar-refractivity contribution in [2.45, 2.75) is 12.3 Å². The third-order valence-corrected chi connectivity index (χ3v) is 3.18. The van der Waals surface area contributed by atoms with Crippen molar-refractivity contribution in [1.82, 2.24) is 0 Å². The van der Waals surface area contributed by atoms with Crippen molar-refractivity contribution < 1.29 is 8.78 Å². The monoisotopic (exact) mass is 229 g/mol. The summed E-state index contributed by atoms with van der Waals surface area (Å²) in [5.41, 5.74) is 1.76. The molecule has 1 saturated carbocycles. The van der Waals surface area contributed by atoms with Gasteiger partial charge < -0.3 is 0 Å². The molecule has 0 bridgehead atoms. The minimum absolute atomic E-state index is 0.158. The van der Waals surface area contributed by atoms with Crippen LogP contribution in [0.15, 0.2) is 48.5 Å². The molecular weight excluding hydrogens is 218 g/mol. The normalized spacial score (nSPS) is 19.3. The van der Waals surface area contributed by atoms with Crippen LogP contribution in [0.5, 0.6) is 0 Å². The molecule has 0 saturated heterocycles. The topological polar surface area (TPSA) is 0 Å². The molecule has 2 aromatic carbocycles. The second-order valence-corrected chi connectivity index (χ2v) is 4.31. The Balaban J connectivity index is 1.83. The van der Waals surface area contributed by atoms with Gasteiger partial charge in [0.2, 0.25) is 0 Å². The van der Waals surface area contributed by atoms with Crippen LogP contribution in [-0.2, 0) is 0 Å². The number of hydrogen-bond acceptors (Lipinski definition) is 0. The molecule has 2 heteroatoms. The Morgan fingerprint density at radius 1 is 0.882 bits per heavy atom. The quantitative estimate of drug-likeness (QED) is 0.728. The molecule has 1 aliphatic carbocycles. The van der Waals surface area contributed by atoms with E-state index in [2.05, 4.69) is 0 Å². The van der Waals surface area contributed by atoms with Gasteiger partial charge >= 0.3 is 0 Å².